The van der Waals surface area contributed by atoms with Gasteiger partial charge in [0, 0.05) is 41.5 Å². The monoisotopic (exact) mass is 437 g/mol. The maximum atomic E-state index is 5.12. The van der Waals surface area contributed by atoms with Gasteiger partial charge in [0.05, 0.1) is 33.6 Å². The predicted octanol–water partition coefficient (Wildman–Crippen LogP) is 6.53. The molecule has 5 heteroatoms. The Bertz CT molecular complexity index is 1780. The van der Waals surface area contributed by atoms with Crippen LogP contribution in [0, 0.1) is 0 Å². The van der Waals surface area contributed by atoms with Crippen LogP contribution >= 0.6 is 0 Å². The van der Waals surface area contributed by atoms with E-state index >= 15 is 0 Å². The van der Waals surface area contributed by atoms with Crippen molar-refractivity contribution in [3.8, 4) is 33.8 Å². The van der Waals surface area contributed by atoms with Crippen molar-refractivity contribution < 1.29 is 0 Å². The SMILES string of the molecule is c1ccc(-c2ccc3c(n2)n2cc(-c4ccccn4)cc2c2cc(-c4ccccn4)cn23)cc1. The molecule has 0 saturated heterocycles. The molecule has 0 unspecified atom stereocenters. The van der Waals surface area contributed by atoms with Gasteiger partial charge in [-0.3, -0.25) is 14.4 Å². The number of benzene rings is 1. The Labute approximate surface area is 195 Å². The third kappa shape index (κ3) is 2.91. The van der Waals surface area contributed by atoms with Gasteiger partial charge in [0.15, 0.2) is 5.65 Å². The highest BCUT2D eigenvalue weighted by Gasteiger charge is 2.16. The summed E-state index contributed by atoms with van der Waals surface area (Å²) in [6.45, 7) is 0. The van der Waals surface area contributed by atoms with Crippen molar-refractivity contribution in [1.29, 1.82) is 0 Å². The minimum absolute atomic E-state index is 0.897. The number of hydrogen-bond donors (Lipinski definition) is 0. The van der Waals surface area contributed by atoms with Crippen LogP contribution in [0.2, 0.25) is 0 Å². The lowest BCUT2D eigenvalue weighted by Crippen LogP contribution is -1.98. The largest absolute Gasteiger partial charge is 0.311 e. The number of pyridine rings is 3. The van der Waals surface area contributed by atoms with Gasteiger partial charge < -0.3 is 4.40 Å². The number of nitrogens with zero attached hydrogens (tertiary/aromatic N) is 5. The molecule has 0 radical (unpaired) electrons. The van der Waals surface area contributed by atoms with Crippen molar-refractivity contribution in [2.75, 3.05) is 0 Å². The minimum Gasteiger partial charge on any atom is -0.311 e. The topological polar surface area (TPSA) is 47.5 Å². The summed E-state index contributed by atoms with van der Waals surface area (Å²) in [5.74, 6) is 0. The second-order valence-electron chi connectivity index (χ2n) is 8.30. The number of rotatable bonds is 3. The van der Waals surface area contributed by atoms with Gasteiger partial charge in [-0.1, -0.05) is 42.5 Å². The molecule has 6 aromatic heterocycles. The van der Waals surface area contributed by atoms with Crippen molar-refractivity contribution in [2.24, 2.45) is 0 Å². The quantitative estimate of drug-likeness (QED) is 0.316. The molecule has 0 amide bonds. The molecule has 0 aliphatic carbocycles. The standard InChI is InChI=1S/C29H19N5/c1-2-8-20(9-3-1)25-12-13-26-29(32-25)34-19-22(24-11-5-7-15-31-24)17-28(34)27-16-21(18-33(26)27)23-10-4-6-14-30-23/h1-19H. The Kier molecular flexibility index (Phi) is 4.08. The van der Waals surface area contributed by atoms with Crippen molar-refractivity contribution >= 4 is 22.2 Å². The Hall–Kier alpha value is -4.77. The van der Waals surface area contributed by atoms with Gasteiger partial charge in [-0.15, -0.1) is 0 Å². The number of fused-ring (bicyclic) bond motifs is 6. The molecule has 5 nitrogen and oxygen atoms in total. The first-order valence-corrected chi connectivity index (χ1v) is 11.2. The zero-order valence-electron chi connectivity index (χ0n) is 18.2. The van der Waals surface area contributed by atoms with Crippen molar-refractivity contribution in [3.63, 3.8) is 0 Å². The lowest BCUT2D eigenvalue weighted by Gasteiger charge is -2.09. The van der Waals surface area contributed by atoms with E-state index in [-0.39, 0.29) is 0 Å². The summed E-state index contributed by atoms with van der Waals surface area (Å²) in [5, 5.41) is 0. The van der Waals surface area contributed by atoms with Crippen LogP contribution in [0.1, 0.15) is 0 Å². The first kappa shape index (κ1) is 18.8. The smallest absolute Gasteiger partial charge is 0.162 e. The summed E-state index contributed by atoms with van der Waals surface area (Å²) in [7, 11) is 0. The van der Waals surface area contributed by atoms with E-state index in [1.165, 1.54) is 0 Å². The highest BCUT2D eigenvalue weighted by Crippen LogP contribution is 2.32. The van der Waals surface area contributed by atoms with Gasteiger partial charge >= 0.3 is 0 Å². The van der Waals surface area contributed by atoms with Gasteiger partial charge in [0.1, 0.15) is 0 Å². The molecule has 0 bridgehead atoms. The molecule has 34 heavy (non-hydrogen) atoms. The average Bonchev–Trinajstić information content (AvgIpc) is 3.56. The maximum absolute atomic E-state index is 5.12. The molecule has 0 atom stereocenters. The van der Waals surface area contributed by atoms with Crippen LogP contribution in [0.25, 0.3) is 56.0 Å². The molecule has 0 spiro atoms. The Morgan fingerprint density at radius 3 is 1.74 bits per heavy atom. The summed E-state index contributed by atoms with van der Waals surface area (Å²) < 4.78 is 4.40. The van der Waals surface area contributed by atoms with E-state index < -0.39 is 0 Å². The average molecular weight is 438 g/mol. The zero-order valence-corrected chi connectivity index (χ0v) is 18.2. The van der Waals surface area contributed by atoms with E-state index in [9.17, 15) is 0 Å². The molecule has 7 aromatic rings. The maximum Gasteiger partial charge on any atom is 0.162 e. The van der Waals surface area contributed by atoms with Crippen LogP contribution in [-0.4, -0.2) is 23.8 Å². The lowest BCUT2D eigenvalue weighted by molar-refractivity contribution is 1.15. The number of hydrogen-bond acceptors (Lipinski definition) is 3. The first-order valence-electron chi connectivity index (χ1n) is 11.2. The van der Waals surface area contributed by atoms with Gasteiger partial charge in [-0.2, -0.15) is 0 Å². The van der Waals surface area contributed by atoms with E-state index in [0.29, 0.717) is 0 Å². The summed E-state index contributed by atoms with van der Waals surface area (Å²) in [5.41, 5.74) is 10.2. The van der Waals surface area contributed by atoms with Crippen molar-refractivity contribution in [2.45, 2.75) is 0 Å². The molecule has 0 aliphatic rings. The molecular weight excluding hydrogens is 418 g/mol. The molecule has 6 heterocycles. The van der Waals surface area contributed by atoms with Crippen LogP contribution in [0.5, 0.6) is 0 Å². The predicted molar refractivity (Wildman–Crippen MR) is 136 cm³/mol. The van der Waals surface area contributed by atoms with Crippen LogP contribution in [-0.2, 0) is 0 Å². The summed E-state index contributed by atoms with van der Waals surface area (Å²) in [6.07, 6.45) is 7.94. The van der Waals surface area contributed by atoms with Crippen molar-refractivity contribution in [3.05, 3.63) is 116 Å². The fourth-order valence-corrected chi connectivity index (χ4v) is 4.62. The highest BCUT2D eigenvalue weighted by molar-refractivity contribution is 5.93. The van der Waals surface area contributed by atoms with E-state index in [0.717, 1.165) is 56.0 Å². The van der Waals surface area contributed by atoms with E-state index in [4.69, 9.17) is 4.98 Å². The highest BCUT2D eigenvalue weighted by atomic mass is 15.0. The molecule has 0 N–H and O–H groups in total. The molecule has 7 rings (SSSR count). The van der Waals surface area contributed by atoms with Gasteiger partial charge in [-0.25, -0.2) is 4.98 Å². The van der Waals surface area contributed by atoms with Crippen LogP contribution in [0.3, 0.4) is 0 Å². The fourth-order valence-electron chi connectivity index (χ4n) is 4.62. The molecule has 0 fully saturated rings. The second-order valence-corrected chi connectivity index (χ2v) is 8.30. The van der Waals surface area contributed by atoms with E-state index in [1.54, 1.807) is 0 Å². The minimum atomic E-state index is 0.897. The van der Waals surface area contributed by atoms with Gasteiger partial charge in [0.25, 0.3) is 0 Å². The molecule has 0 saturated carbocycles. The fraction of sp³-hybridized carbons (Fsp3) is 0. The number of aromatic nitrogens is 5. The Morgan fingerprint density at radius 1 is 0.471 bits per heavy atom. The molecule has 1 aromatic carbocycles. The van der Waals surface area contributed by atoms with Crippen LogP contribution < -0.4 is 0 Å². The second kappa shape index (κ2) is 7.39. The normalized spacial score (nSPS) is 11.5. The van der Waals surface area contributed by atoms with Crippen LogP contribution in [0.4, 0.5) is 0 Å². The molecule has 160 valence electrons. The Balaban J connectivity index is 1.57. The third-order valence-electron chi connectivity index (χ3n) is 6.24. The lowest BCUT2D eigenvalue weighted by atomic mass is 10.1. The zero-order chi connectivity index (χ0) is 22.5. The molecular formula is C29H19N5. The van der Waals surface area contributed by atoms with E-state index in [2.05, 4.69) is 67.6 Å². The first-order chi connectivity index (χ1) is 16.8. The third-order valence-corrected chi connectivity index (χ3v) is 6.24. The summed E-state index contributed by atoms with van der Waals surface area (Å²) in [6, 6.07) is 30.9. The van der Waals surface area contributed by atoms with Crippen molar-refractivity contribution in [1.82, 2.24) is 23.8 Å². The van der Waals surface area contributed by atoms with E-state index in [1.807, 2.05) is 67.0 Å². The summed E-state index contributed by atoms with van der Waals surface area (Å²) in [4.78, 5) is 14.3. The summed E-state index contributed by atoms with van der Waals surface area (Å²) >= 11 is 0. The Morgan fingerprint density at radius 2 is 1.09 bits per heavy atom. The van der Waals surface area contributed by atoms with Gasteiger partial charge in [0.2, 0.25) is 0 Å². The molecule has 0 aliphatic heterocycles. The van der Waals surface area contributed by atoms with Gasteiger partial charge in [-0.05, 0) is 48.5 Å². The van der Waals surface area contributed by atoms with Crippen LogP contribution in [0.15, 0.2) is 116 Å².